The molecule has 1 fully saturated rings. The van der Waals surface area contributed by atoms with Crippen molar-refractivity contribution in [2.24, 2.45) is 0 Å². The first kappa shape index (κ1) is 12.4. The van der Waals surface area contributed by atoms with Gasteiger partial charge in [-0.1, -0.05) is 12.5 Å². The number of benzene rings is 1. The van der Waals surface area contributed by atoms with E-state index in [1.807, 2.05) is 0 Å². The fraction of sp³-hybridized carbons (Fsp3) is 0.417. The molecule has 1 aromatic rings. The van der Waals surface area contributed by atoms with E-state index < -0.39 is 0 Å². The molecule has 0 aromatic heterocycles. The minimum absolute atomic E-state index is 0.0664. The van der Waals surface area contributed by atoms with Crippen molar-refractivity contribution in [2.75, 3.05) is 11.9 Å². The van der Waals surface area contributed by atoms with Gasteiger partial charge in [0.25, 0.3) is 0 Å². The van der Waals surface area contributed by atoms with Crippen LogP contribution in [0, 0.1) is 0 Å². The summed E-state index contributed by atoms with van der Waals surface area (Å²) in [7, 11) is 0. The second kappa shape index (κ2) is 5.51. The third-order valence-corrected chi connectivity index (χ3v) is 3.51. The lowest BCUT2D eigenvalue weighted by molar-refractivity contribution is -0.118. The van der Waals surface area contributed by atoms with Gasteiger partial charge < -0.3 is 15.7 Å². The molecule has 4 nitrogen and oxygen atoms in total. The van der Waals surface area contributed by atoms with Crippen molar-refractivity contribution in [3.05, 3.63) is 22.7 Å². The van der Waals surface area contributed by atoms with Crippen molar-refractivity contribution in [3.63, 3.8) is 0 Å². The van der Waals surface area contributed by atoms with E-state index in [-0.39, 0.29) is 17.7 Å². The molecule has 1 amide bonds. The Labute approximate surface area is 109 Å². The van der Waals surface area contributed by atoms with Gasteiger partial charge in [0.2, 0.25) is 5.91 Å². The summed E-state index contributed by atoms with van der Waals surface area (Å²) in [6, 6.07) is 5.03. The zero-order valence-corrected chi connectivity index (χ0v) is 11.0. The summed E-state index contributed by atoms with van der Waals surface area (Å²) in [5.41, 5.74) is 0.441. The van der Waals surface area contributed by atoms with Crippen molar-refractivity contribution in [1.82, 2.24) is 5.32 Å². The molecule has 1 aromatic carbocycles. The van der Waals surface area contributed by atoms with Crippen molar-refractivity contribution in [1.29, 1.82) is 0 Å². The normalized spacial score (nSPS) is 19.9. The molecule has 3 N–H and O–H groups in total. The van der Waals surface area contributed by atoms with Gasteiger partial charge in [-0.3, -0.25) is 4.79 Å². The Morgan fingerprint density at radius 1 is 1.47 bits per heavy atom. The SMILES string of the molecule is O=C(Nc1cccc(Br)c1O)[C@@H]1CCCCN1. The molecule has 92 valence electrons. The van der Waals surface area contributed by atoms with E-state index in [0.29, 0.717) is 10.2 Å². The zero-order chi connectivity index (χ0) is 12.3. The Hall–Kier alpha value is -1.07. The second-order valence-corrected chi connectivity index (χ2v) is 4.98. The highest BCUT2D eigenvalue weighted by Crippen LogP contribution is 2.31. The van der Waals surface area contributed by atoms with Gasteiger partial charge in [0.1, 0.15) is 0 Å². The number of anilines is 1. The number of para-hydroxylation sites is 1. The number of carbonyl (C=O) groups is 1. The lowest BCUT2D eigenvalue weighted by Crippen LogP contribution is -2.43. The molecule has 5 heteroatoms. The molecular formula is C12H15BrN2O2. The molecule has 1 saturated heterocycles. The number of aromatic hydroxyl groups is 1. The maximum Gasteiger partial charge on any atom is 0.241 e. The van der Waals surface area contributed by atoms with Crippen LogP contribution in [-0.4, -0.2) is 23.6 Å². The Balaban J connectivity index is 2.04. The maximum absolute atomic E-state index is 11.9. The highest BCUT2D eigenvalue weighted by atomic mass is 79.9. The van der Waals surface area contributed by atoms with Gasteiger partial charge in [-0.25, -0.2) is 0 Å². The average Bonchev–Trinajstić information content (AvgIpc) is 2.36. The Morgan fingerprint density at radius 2 is 2.29 bits per heavy atom. The molecule has 0 spiro atoms. The number of piperidine rings is 1. The van der Waals surface area contributed by atoms with Crippen LogP contribution in [0.5, 0.6) is 5.75 Å². The van der Waals surface area contributed by atoms with Crippen LogP contribution in [-0.2, 0) is 4.79 Å². The summed E-state index contributed by atoms with van der Waals surface area (Å²) in [6.45, 7) is 0.878. The molecule has 0 aliphatic carbocycles. The highest BCUT2D eigenvalue weighted by molar-refractivity contribution is 9.10. The number of carbonyl (C=O) groups excluding carboxylic acids is 1. The largest absolute Gasteiger partial charge is 0.505 e. The van der Waals surface area contributed by atoms with Gasteiger partial charge in [0, 0.05) is 0 Å². The molecule has 17 heavy (non-hydrogen) atoms. The van der Waals surface area contributed by atoms with E-state index in [0.717, 1.165) is 25.8 Å². The number of nitrogens with one attached hydrogen (secondary N) is 2. The summed E-state index contributed by atoms with van der Waals surface area (Å²) < 4.78 is 0.576. The van der Waals surface area contributed by atoms with Crippen molar-refractivity contribution < 1.29 is 9.90 Å². The molecule has 1 atom stereocenters. The number of phenolic OH excluding ortho intramolecular Hbond substituents is 1. The lowest BCUT2D eigenvalue weighted by atomic mass is 10.0. The minimum atomic E-state index is -0.151. The Bertz CT molecular complexity index is 417. The third-order valence-electron chi connectivity index (χ3n) is 2.87. The number of halogens is 1. The maximum atomic E-state index is 11.9. The minimum Gasteiger partial charge on any atom is -0.505 e. The van der Waals surface area contributed by atoms with Crippen molar-refractivity contribution >= 4 is 27.5 Å². The smallest absolute Gasteiger partial charge is 0.241 e. The Morgan fingerprint density at radius 3 is 3.00 bits per heavy atom. The summed E-state index contributed by atoms with van der Waals surface area (Å²) in [5.74, 6) is -0.0187. The van der Waals surface area contributed by atoms with Gasteiger partial charge in [-0.05, 0) is 47.4 Å². The quantitative estimate of drug-likeness (QED) is 0.734. The molecule has 1 heterocycles. The van der Waals surface area contributed by atoms with E-state index in [2.05, 4.69) is 26.6 Å². The first-order valence-electron chi connectivity index (χ1n) is 5.70. The predicted octanol–water partition coefficient (Wildman–Crippen LogP) is 2.24. The molecule has 1 aliphatic heterocycles. The van der Waals surface area contributed by atoms with E-state index in [1.165, 1.54) is 0 Å². The van der Waals surface area contributed by atoms with Crippen LogP contribution in [0.3, 0.4) is 0 Å². The van der Waals surface area contributed by atoms with Gasteiger partial charge in [-0.15, -0.1) is 0 Å². The van der Waals surface area contributed by atoms with Gasteiger partial charge >= 0.3 is 0 Å². The van der Waals surface area contributed by atoms with Crippen LogP contribution in [0.15, 0.2) is 22.7 Å². The van der Waals surface area contributed by atoms with Gasteiger partial charge in [-0.2, -0.15) is 0 Å². The fourth-order valence-electron chi connectivity index (χ4n) is 1.91. The molecule has 2 rings (SSSR count). The average molecular weight is 299 g/mol. The predicted molar refractivity (Wildman–Crippen MR) is 70.1 cm³/mol. The van der Waals surface area contributed by atoms with Crippen molar-refractivity contribution in [3.8, 4) is 5.75 Å². The van der Waals surface area contributed by atoms with E-state index in [1.54, 1.807) is 18.2 Å². The summed E-state index contributed by atoms with van der Waals surface area (Å²) in [5, 5.41) is 15.7. The van der Waals surface area contributed by atoms with Crippen LogP contribution in [0.1, 0.15) is 19.3 Å². The number of hydrogen-bond donors (Lipinski definition) is 3. The molecule has 0 bridgehead atoms. The summed E-state index contributed by atoms with van der Waals surface area (Å²) in [4.78, 5) is 11.9. The van der Waals surface area contributed by atoms with E-state index >= 15 is 0 Å². The number of hydrogen-bond acceptors (Lipinski definition) is 3. The molecule has 1 aliphatic rings. The molecule has 0 saturated carbocycles. The van der Waals surface area contributed by atoms with Crippen LogP contribution in [0.4, 0.5) is 5.69 Å². The first-order chi connectivity index (χ1) is 8.18. The number of rotatable bonds is 2. The fourth-order valence-corrected chi connectivity index (χ4v) is 2.28. The van der Waals surface area contributed by atoms with Gasteiger partial charge in [0.15, 0.2) is 5.75 Å². The van der Waals surface area contributed by atoms with Crippen LogP contribution >= 0.6 is 15.9 Å². The topological polar surface area (TPSA) is 61.4 Å². The third kappa shape index (κ3) is 2.98. The first-order valence-corrected chi connectivity index (χ1v) is 6.49. The number of amides is 1. The lowest BCUT2D eigenvalue weighted by Gasteiger charge is -2.22. The van der Waals surface area contributed by atoms with Crippen LogP contribution in [0.25, 0.3) is 0 Å². The van der Waals surface area contributed by atoms with Crippen LogP contribution < -0.4 is 10.6 Å². The monoisotopic (exact) mass is 298 g/mol. The van der Waals surface area contributed by atoms with Crippen LogP contribution in [0.2, 0.25) is 0 Å². The van der Waals surface area contributed by atoms with E-state index in [4.69, 9.17) is 0 Å². The summed E-state index contributed by atoms with van der Waals surface area (Å²) >= 11 is 3.22. The van der Waals surface area contributed by atoms with E-state index in [9.17, 15) is 9.90 Å². The second-order valence-electron chi connectivity index (χ2n) is 4.13. The molecule has 0 unspecified atom stereocenters. The standard InChI is InChI=1S/C12H15BrN2O2/c13-8-4-3-6-9(11(8)16)15-12(17)10-5-1-2-7-14-10/h3-4,6,10,14,16H,1-2,5,7H2,(H,15,17)/t10-/m0/s1. The molecule has 0 radical (unpaired) electrons. The van der Waals surface area contributed by atoms with Crippen molar-refractivity contribution in [2.45, 2.75) is 25.3 Å². The number of phenols is 1. The molecular weight excluding hydrogens is 284 g/mol. The Kier molecular flexibility index (Phi) is 4.02. The summed E-state index contributed by atoms with van der Waals surface area (Å²) in [6.07, 6.45) is 3.03. The zero-order valence-electron chi connectivity index (χ0n) is 9.37. The van der Waals surface area contributed by atoms with Gasteiger partial charge in [0.05, 0.1) is 16.2 Å². The highest BCUT2D eigenvalue weighted by Gasteiger charge is 2.21.